The van der Waals surface area contributed by atoms with E-state index >= 15 is 0 Å². The van der Waals surface area contributed by atoms with Crippen molar-refractivity contribution in [2.45, 2.75) is 52.2 Å². The van der Waals surface area contributed by atoms with Crippen LogP contribution < -0.4 is 10.1 Å². The van der Waals surface area contributed by atoms with Gasteiger partial charge in [-0.3, -0.25) is 4.79 Å². The third kappa shape index (κ3) is 3.57. The van der Waals surface area contributed by atoms with Crippen LogP contribution in [-0.4, -0.2) is 17.1 Å². The minimum Gasteiger partial charge on any atom is -0.486 e. The molecule has 4 unspecified atom stereocenters. The van der Waals surface area contributed by atoms with Gasteiger partial charge in [0.25, 0.3) is 5.91 Å². The van der Waals surface area contributed by atoms with Crippen LogP contribution >= 0.6 is 0 Å². The van der Waals surface area contributed by atoms with Gasteiger partial charge in [-0.2, -0.15) is 0 Å². The lowest BCUT2D eigenvalue weighted by molar-refractivity contribution is 0.0904. The van der Waals surface area contributed by atoms with Crippen molar-refractivity contribution in [1.82, 2.24) is 10.5 Å². The van der Waals surface area contributed by atoms with Gasteiger partial charge in [0.1, 0.15) is 12.4 Å². The molecule has 27 heavy (non-hydrogen) atoms. The number of rotatable bonds is 6. The molecular formula is C21H25FN2O3. The maximum absolute atomic E-state index is 13.8. The molecule has 0 radical (unpaired) electrons. The van der Waals surface area contributed by atoms with E-state index in [-0.39, 0.29) is 30.0 Å². The molecule has 6 heteroatoms. The highest BCUT2D eigenvalue weighted by molar-refractivity contribution is 5.94. The second kappa shape index (κ2) is 7.33. The second-order valence-corrected chi connectivity index (χ2v) is 7.89. The molecule has 0 aliphatic heterocycles. The highest BCUT2D eigenvalue weighted by Gasteiger charge is 2.42. The maximum Gasteiger partial charge on any atom is 0.274 e. The van der Waals surface area contributed by atoms with Crippen LogP contribution in [0, 0.1) is 30.5 Å². The summed E-state index contributed by atoms with van der Waals surface area (Å²) in [6.45, 7) is 3.83. The van der Waals surface area contributed by atoms with E-state index in [1.165, 1.54) is 31.7 Å². The summed E-state index contributed by atoms with van der Waals surface area (Å²) in [4.78, 5) is 12.8. The van der Waals surface area contributed by atoms with E-state index in [2.05, 4.69) is 17.4 Å². The Kier molecular flexibility index (Phi) is 4.89. The van der Waals surface area contributed by atoms with Crippen LogP contribution in [0.3, 0.4) is 0 Å². The standard InChI is InChI=1S/C21H25FN2O3/c1-12(16-10-14-7-8-15(16)9-14)23-21(25)20-17(13(2)27-24-20)11-26-19-6-4-3-5-18(19)22/h3-6,12,14-16H,7-11H2,1-2H3,(H,23,25). The molecule has 0 spiro atoms. The Balaban J connectivity index is 1.43. The van der Waals surface area contributed by atoms with Crippen molar-refractivity contribution in [3.63, 3.8) is 0 Å². The average Bonchev–Trinajstić information content (AvgIpc) is 3.37. The lowest BCUT2D eigenvalue weighted by Crippen LogP contribution is -2.40. The van der Waals surface area contributed by atoms with Gasteiger partial charge in [0.2, 0.25) is 0 Å². The molecular weight excluding hydrogens is 347 g/mol. The zero-order valence-electron chi connectivity index (χ0n) is 15.7. The van der Waals surface area contributed by atoms with E-state index in [9.17, 15) is 9.18 Å². The molecule has 2 aromatic rings. The number of halogens is 1. The van der Waals surface area contributed by atoms with E-state index in [0.29, 0.717) is 17.2 Å². The van der Waals surface area contributed by atoms with Gasteiger partial charge >= 0.3 is 0 Å². The third-order valence-corrected chi connectivity index (χ3v) is 6.20. The number of carbonyl (C=O) groups is 1. The predicted octanol–water partition coefficient (Wildman–Crippen LogP) is 4.26. The Morgan fingerprint density at radius 2 is 2.19 bits per heavy atom. The third-order valence-electron chi connectivity index (χ3n) is 6.20. The van der Waals surface area contributed by atoms with Crippen molar-refractivity contribution in [2.75, 3.05) is 0 Å². The van der Waals surface area contributed by atoms with E-state index in [1.54, 1.807) is 25.1 Å². The first-order chi connectivity index (χ1) is 13.0. The van der Waals surface area contributed by atoms with Crippen molar-refractivity contribution >= 4 is 5.91 Å². The number of amides is 1. The molecule has 1 amide bonds. The van der Waals surface area contributed by atoms with Crippen molar-refractivity contribution in [2.24, 2.45) is 17.8 Å². The largest absolute Gasteiger partial charge is 0.486 e. The highest BCUT2D eigenvalue weighted by atomic mass is 19.1. The average molecular weight is 372 g/mol. The zero-order chi connectivity index (χ0) is 19.0. The summed E-state index contributed by atoms with van der Waals surface area (Å²) in [5.41, 5.74) is 0.773. The summed E-state index contributed by atoms with van der Waals surface area (Å²) in [6.07, 6.45) is 5.12. The van der Waals surface area contributed by atoms with Crippen LogP contribution in [0.15, 0.2) is 28.8 Å². The first-order valence-electron chi connectivity index (χ1n) is 9.66. The summed E-state index contributed by atoms with van der Waals surface area (Å²) in [5, 5.41) is 7.01. The minimum absolute atomic E-state index is 0.0293. The Morgan fingerprint density at radius 3 is 2.89 bits per heavy atom. The van der Waals surface area contributed by atoms with Crippen molar-refractivity contribution in [3.05, 3.63) is 47.1 Å². The predicted molar refractivity (Wildman–Crippen MR) is 97.8 cm³/mol. The first-order valence-corrected chi connectivity index (χ1v) is 9.66. The number of aromatic nitrogens is 1. The number of nitrogens with zero attached hydrogens (tertiary/aromatic N) is 1. The maximum atomic E-state index is 13.8. The second-order valence-electron chi connectivity index (χ2n) is 7.89. The summed E-state index contributed by atoms with van der Waals surface area (Å²) < 4.78 is 24.5. The molecule has 4 rings (SSSR count). The Labute approximate surface area is 158 Å². The first kappa shape index (κ1) is 18.0. The quantitative estimate of drug-likeness (QED) is 0.823. The van der Waals surface area contributed by atoms with Crippen LogP contribution in [0.4, 0.5) is 4.39 Å². The molecule has 4 atom stereocenters. The van der Waals surface area contributed by atoms with Gasteiger partial charge in [0.15, 0.2) is 17.3 Å². The van der Waals surface area contributed by atoms with Gasteiger partial charge < -0.3 is 14.6 Å². The topological polar surface area (TPSA) is 64.4 Å². The van der Waals surface area contributed by atoms with Crippen LogP contribution in [0.1, 0.15) is 54.4 Å². The molecule has 5 nitrogen and oxygen atoms in total. The fourth-order valence-corrected chi connectivity index (χ4v) is 4.74. The molecule has 2 saturated carbocycles. The Hall–Kier alpha value is -2.37. The summed E-state index contributed by atoms with van der Waals surface area (Å²) in [7, 11) is 0. The molecule has 2 bridgehead atoms. The van der Waals surface area contributed by atoms with Gasteiger partial charge in [0.05, 0.1) is 5.56 Å². The highest BCUT2D eigenvalue weighted by Crippen LogP contribution is 2.49. The van der Waals surface area contributed by atoms with Gasteiger partial charge in [-0.25, -0.2) is 4.39 Å². The normalized spacial score (nSPS) is 24.8. The lowest BCUT2D eigenvalue weighted by atomic mass is 9.84. The van der Waals surface area contributed by atoms with Crippen LogP contribution in [0.5, 0.6) is 5.75 Å². The lowest BCUT2D eigenvalue weighted by Gasteiger charge is -2.28. The number of aryl methyl sites for hydroxylation is 1. The number of nitrogens with one attached hydrogen (secondary N) is 1. The number of para-hydroxylation sites is 1. The van der Waals surface area contributed by atoms with Gasteiger partial charge in [-0.15, -0.1) is 0 Å². The van der Waals surface area contributed by atoms with Gasteiger partial charge in [0, 0.05) is 6.04 Å². The minimum atomic E-state index is -0.442. The molecule has 1 N–H and O–H groups in total. The zero-order valence-corrected chi connectivity index (χ0v) is 15.7. The van der Waals surface area contributed by atoms with Gasteiger partial charge in [-0.05, 0) is 63.0 Å². The summed E-state index contributed by atoms with van der Waals surface area (Å²) >= 11 is 0. The van der Waals surface area contributed by atoms with Crippen LogP contribution in [0.25, 0.3) is 0 Å². The fourth-order valence-electron chi connectivity index (χ4n) is 4.74. The molecule has 1 aromatic heterocycles. The number of hydrogen-bond acceptors (Lipinski definition) is 4. The Bertz CT molecular complexity index is 835. The summed E-state index contributed by atoms with van der Waals surface area (Å²) in [6, 6.07) is 6.28. The number of benzene rings is 1. The van der Waals surface area contributed by atoms with Crippen molar-refractivity contribution < 1.29 is 18.4 Å². The SMILES string of the molecule is Cc1onc(C(=O)NC(C)C2CC3CCC2C3)c1COc1ccccc1F. The van der Waals surface area contributed by atoms with Crippen LogP contribution in [-0.2, 0) is 6.61 Å². The van der Waals surface area contributed by atoms with E-state index in [0.717, 1.165) is 11.8 Å². The van der Waals surface area contributed by atoms with Crippen molar-refractivity contribution in [3.8, 4) is 5.75 Å². The number of fused-ring (bicyclic) bond motifs is 2. The van der Waals surface area contributed by atoms with Gasteiger partial charge in [-0.1, -0.05) is 23.7 Å². The van der Waals surface area contributed by atoms with Crippen LogP contribution in [0.2, 0.25) is 0 Å². The van der Waals surface area contributed by atoms with E-state index < -0.39 is 5.82 Å². The monoisotopic (exact) mass is 372 g/mol. The number of hydrogen-bond donors (Lipinski definition) is 1. The smallest absolute Gasteiger partial charge is 0.274 e. The molecule has 144 valence electrons. The fraction of sp³-hybridized carbons (Fsp3) is 0.524. The molecule has 2 fully saturated rings. The summed E-state index contributed by atoms with van der Waals surface area (Å²) in [5.74, 6) is 2.05. The molecule has 1 aromatic carbocycles. The molecule has 2 aliphatic rings. The molecule has 1 heterocycles. The number of ether oxygens (including phenoxy) is 1. The van der Waals surface area contributed by atoms with E-state index in [1.807, 2.05) is 0 Å². The number of carbonyl (C=O) groups excluding carboxylic acids is 1. The molecule has 0 saturated heterocycles. The Morgan fingerprint density at radius 1 is 1.37 bits per heavy atom. The molecule has 2 aliphatic carbocycles. The van der Waals surface area contributed by atoms with E-state index in [4.69, 9.17) is 9.26 Å². The van der Waals surface area contributed by atoms with Crippen molar-refractivity contribution in [1.29, 1.82) is 0 Å².